The van der Waals surface area contributed by atoms with Crippen LogP contribution in [0.1, 0.15) is 6.92 Å². The van der Waals surface area contributed by atoms with Gasteiger partial charge in [0.25, 0.3) is 0 Å². The molecular formula is C7H15NO. The van der Waals surface area contributed by atoms with E-state index in [-0.39, 0.29) is 0 Å². The highest BCUT2D eigenvalue weighted by Crippen LogP contribution is 1.85. The fraction of sp³-hybridized carbons (Fsp3) is 0.714. The summed E-state index contributed by atoms with van der Waals surface area (Å²) in [6.45, 7) is 8.35. The SMILES string of the molecule is C=CCN(CC)COC. The molecule has 2 nitrogen and oxygen atoms in total. The van der Waals surface area contributed by atoms with Crippen molar-refractivity contribution in [3.05, 3.63) is 12.7 Å². The van der Waals surface area contributed by atoms with Gasteiger partial charge < -0.3 is 4.74 Å². The molecule has 0 spiro atoms. The van der Waals surface area contributed by atoms with Gasteiger partial charge in [-0.3, -0.25) is 4.90 Å². The maximum atomic E-state index is 4.93. The van der Waals surface area contributed by atoms with Crippen molar-refractivity contribution in [2.75, 3.05) is 26.9 Å². The molecule has 0 atom stereocenters. The highest BCUT2D eigenvalue weighted by atomic mass is 16.5. The molecule has 2 heteroatoms. The zero-order valence-electron chi connectivity index (χ0n) is 6.26. The van der Waals surface area contributed by atoms with E-state index in [1.807, 2.05) is 6.08 Å². The van der Waals surface area contributed by atoms with Gasteiger partial charge in [0.2, 0.25) is 0 Å². The monoisotopic (exact) mass is 129 g/mol. The van der Waals surface area contributed by atoms with Crippen molar-refractivity contribution < 1.29 is 4.74 Å². The van der Waals surface area contributed by atoms with E-state index < -0.39 is 0 Å². The quantitative estimate of drug-likeness (QED) is 0.407. The summed E-state index contributed by atoms with van der Waals surface area (Å²) in [6, 6.07) is 0. The molecule has 0 aromatic heterocycles. The summed E-state index contributed by atoms with van der Waals surface area (Å²) >= 11 is 0. The largest absolute Gasteiger partial charge is 0.369 e. The van der Waals surface area contributed by atoms with Gasteiger partial charge in [-0.05, 0) is 6.54 Å². The second-order valence-electron chi connectivity index (χ2n) is 1.88. The number of ether oxygens (including phenoxy) is 1. The molecular weight excluding hydrogens is 114 g/mol. The Kier molecular flexibility index (Phi) is 5.57. The standard InChI is InChI=1S/C7H15NO/c1-4-6-8(5-2)7-9-3/h4H,1,5-7H2,2-3H3. The highest BCUT2D eigenvalue weighted by molar-refractivity contribution is 4.70. The van der Waals surface area contributed by atoms with Crippen LogP contribution in [0.4, 0.5) is 0 Å². The number of likely N-dealkylation sites (N-methyl/N-ethyl adjacent to an activating group) is 1. The minimum atomic E-state index is 0.697. The van der Waals surface area contributed by atoms with Gasteiger partial charge >= 0.3 is 0 Å². The molecule has 0 saturated heterocycles. The van der Waals surface area contributed by atoms with Gasteiger partial charge in [-0.25, -0.2) is 0 Å². The Labute approximate surface area is 57.1 Å². The molecule has 0 amide bonds. The molecule has 0 aromatic carbocycles. The zero-order valence-corrected chi connectivity index (χ0v) is 6.26. The van der Waals surface area contributed by atoms with Crippen LogP contribution in [0.3, 0.4) is 0 Å². The fourth-order valence-corrected chi connectivity index (χ4v) is 0.638. The molecule has 0 aliphatic heterocycles. The van der Waals surface area contributed by atoms with Gasteiger partial charge in [-0.1, -0.05) is 13.0 Å². The lowest BCUT2D eigenvalue weighted by molar-refractivity contribution is 0.0754. The van der Waals surface area contributed by atoms with E-state index in [0.717, 1.165) is 13.1 Å². The summed E-state index contributed by atoms with van der Waals surface area (Å²) < 4.78 is 4.93. The third-order valence-electron chi connectivity index (χ3n) is 1.15. The third-order valence-corrected chi connectivity index (χ3v) is 1.15. The van der Waals surface area contributed by atoms with Crippen molar-refractivity contribution in [2.45, 2.75) is 6.92 Å². The van der Waals surface area contributed by atoms with E-state index in [1.54, 1.807) is 7.11 Å². The lowest BCUT2D eigenvalue weighted by atomic mass is 10.5. The molecule has 0 saturated carbocycles. The van der Waals surface area contributed by atoms with E-state index in [1.165, 1.54) is 0 Å². The minimum Gasteiger partial charge on any atom is -0.369 e. The van der Waals surface area contributed by atoms with E-state index in [9.17, 15) is 0 Å². The third kappa shape index (κ3) is 4.18. The molecule has 0 bridgehead atoms. The van der Waals surface area contributed by atoms with Gasteiger partial charge in [0.15, 0.2) is 0 Å². The lowest BCUT2D eigenvalue weighted by Crippen LogP contribution is -2.25. The number of nitrogens with zero attached hydrogens (tertiary/aromatic N) is 1. The van der Waals surface area contributed by atoms with Crippen LogP contribution < -0.4 is 0 Å². The average molecular weight is 129 g/mol. The van der Waals surface area contributed by atoms with Crippen LogP contribution in [-0.2, 0) is 4.74 Å². The van der Waals surface area contributed by atoms with Gasteiger partial charge in [0, 0.05) is 13.7 Å². The summed E-state index contributed by atoms with van der Waals surface area (Å²) in [5.74, 6) is 0. The molecule has 0 aliphatic carbocycles. The molecule has 0 heterocycles. The summed E-state index contributed by atoms with van der Waals surface area (Å²) in [4.78, 5) is 2.15. The minimum absolute atomic E-state index is 0.697. The number of hydrogen-bond donors (Lipinski definition) is 0. The predicted octanol–water partition coefficient (Wildman–Crippen LogP) is 1.10. The first-order valence-corrected chi connectivity index (χ1v) is 3.17. The van der Waals surface area contributed by atoms with E-state index in [2.05, 4.69) is 18.4 Å². The van der Waals surface area contributed by atoms with Crippen molar-refractivity contribution in [1.29, 1.82) is 0 Å². The van der Waals surface area contributed by atoms with Crippen LogP contribution in [0, 0.1) is 0 Å². The predicted molar refractivity (Wildman–Crippen MR) is 39.3 cm³/mol. The summed E-state index contributed by atoms with van der Waals surface area (Å²) in [7, 11) is 1.70. The first-order chi connectivity index (χ1) is 4.35. The summed E-state index contributed by atoms with van der Waals surface area (Å²) in [5, 5.41) is 0. The van der Waals surface area contributed by atoms with Crippen LogP contribution in [0.25, 0.3) is 0 Å². The molecule has 0 radical (unpaired) electrons. The topological polar surface area (TPSA) is 12.5 Å². The van der Waals surface area contributed by atoms with Crippen molar-refractivity contribution in [1.82, 2.24) is 4.90 Å². The summed E-state index contributed by atoms with van der Waals surface area (Å²) in [5.41, 5.74) is 0. The number of methoxy groups -OCH3 is 1. The Bertz CT molecular complexity index is 73.3. The van der Waals surface area contributed by atoms with Crippen LogP contribution in [0.2, 0.25) is 0 Å². The fourth-order valence-electron chi connectivity index (χ4n) is 0.638. The molecule has 0 aliphatic rings. The molecule has 0 N–H and O–H groups in total. The van der Waals surface area contributed by atoms with E-state index >= 15 is 0 Å². The molecule has 9 heavy (non-hydrogen) atoms. The number of hydrogen-bond acceptors (Lipinski definition) is 2. The van der Waals surface area contributed by atoms with Gasteiger partial charge in [0.1, 0.15) is 0 Å². The highest BCUT2D eigenvalue weighted by Gasteiger charge is 1.94. The summed E-state index contributed by atoms with van der Waals surface area (Å²) in [6.07, 6.45) is 1.88. The Morgan fingerprint density at radius 2 is 2.33 bits per heavy atom. The Morgan fingerprint density at radius 3 is 2.67 bits per heavy atom. The van der Waals surface area contributed by atoms with Crippen molar-refractivity contribution in [3.8, 4) is 0 Å². The van der Waals surface area contributed by atoms with E-state index in [0.29, 0.717) is 6.73 Å². The first-order valence-electron chi connectivity index (χ1n) is 3.17. The second-order valence-corrected chi connectivity index (χ2v) is 1.88. The molecule has 54 valence electrons. The van der Waals surface area contributed by atoms with Crippen LogP contribution in [-0.4, -0.2) is 31.8 Å². The molecule has 0 unspecified atom stereocenters. The maximum absolute atomic E-state index is 4.93. The van der Waals surface area contributed by atoms with Crippen molar-refractivity contribution in [3.63, 3.8) is 0 Å². The maximum Gasteiger partial charge on any atom is 0.0988 e. The smallest absolute Gasteiger partial charge is 0.0988 e. The zero-order chi connectivity index (χ0) is 7.11. The molecule has 0 fully saturated rings. The molecule has 0 aromatic rings. The Hall–Kier alpha value is -0.340. The van der Waals surface area contributed by atoms with Crippen molar-refractivity contribution in [2.24, 2.45) is 0 Å². The Balaban J connectivity index is 3.28. The first kappa shape index (κ1) is 8.66. The second kappa shape index (κ2) is 5.79. The van der Waals surface area contributed by atoms with E-state index in [4.69, 9.17) is 4.74 Å². The van der Waals surface area contributed by atoms with Crippen molar-refractivity contribution >= 4 is 0 Å². The lowest BCUT2D eigenvalue weighted by Gasteiger charge is -2.15. The Morgan fingerprint density at radius 1 is 1.67 bits per heavy atom. The van der Waals surface area contributed by atoms with Gasteiger partial charge in [0.05, 0.1) is 6.73 Å². The molecule has 0 rings (SSSR count). The normalized spacial score (nSPS) is 10.1. The van der Waals surface area contributed by atoms with Gasteiger partial charge in [-0.2, -0.15) is 0 Å². The van der Waals surface area contributed by atoms with Gasteiger partial charge in [-0.15, -0.1) is 6.58 Å². The average Bonchev–Trinajstić information content (AvgIpc) is 1.88. The number of rotatable bonds is 5. The van der Waals surface area contributed by atoms with Crippen LogP contribution in [0.5, 0.6) is 0 Å². The van der Waals surface area contributed by atoms with Crippen LogP contribution >= 0.6 is 0 Å². The van der Waals surface area contributed by atoms with Crippen LogP contribution in [0.15, 0.2) is 12.7 Å².